The predicted octanol–water partition coefficient (Wildman–Crippen LogP) is 0.657. The van der Waals surface area contributed by atoms with Gasteiger partial charge in [-0.1, -0.05) is 0 Å². The lowest BCUT2D eigenvalue weighted by molar-refractivity contribution is 0.126. The summed E-state index contributed by atoms with van der Waals surface area (Å²) in [5.74, 6) is 0. The average Bonchev–Trinajstić information content (AvgIpc) is 2.65. The normalized spacial score (nSPS) is 45.7. The van der Waals surface area contributed by atoms with Gasteiger partial charge in [0.05, 0.1) is 30.7 Å². The molecule has 0 aromatic heterocycles. The van der Waals surface area contributed by atoms with E-state index in [1.54, 1.807) is 0 Å². The van der Waals surface area contributed by atoms with Gasteiger partial charge in [-0.05, 0) is 13.3 Å². The lowest BCUT2D eigenvalue weighted by Crippen LogP contribution is -2.25. The van der Waals surface area contributed by atoms with Gasteiger partial charge in [-0.3, -0.25) is 0 Å². The molecule has 0 bridgehead atoms. The van der Waals surface area contributed by atoms with Crippen LogP contribution < -0.4 is 0 Å². The van der Waals surface area contributed by atoms with Crippen LogP contribution >= 0.6 is 11.8 Å². The highest BCUT2D eigenvalue weighted by Gasteiger charge is 2.33. The topological polar surface area (TPSA) is 38.7 Å². The molecule has 13 heavy (non-hydrogen) atoms. The Balaban J connectivity index is 1.82. The lowest BCUT2D eigenvalue weighted by Gasteiger charge is -2.19. The molecule has 2 aliphatic heterocycles. The molecule has 0 amide bonds. The van der Waals surface area contributed by atoms with E-state index in [2.05, 4.69) is 6.92 Å². The number of hydrogen-bond acceptors (Lipinski definition) is 4. The molecule has 4 heteroatoms. The number of aliphatic hydroxyl groups excluding tert-OH is 1. The second-order valence-corrected chi connectivity index (χ2v) is 5.17. The molecule has 2 aliphatic rings. The van der Waals surface area contributed by atoms with Gasteiger partial charge in [0.2, 0.25) is 0 Å². The van der Waals surface area contributed by atoms with Crippen molar-refractivity contribution in [2.24, 2.45) is 0 Å². The van der Waals surface area contributed by atoms with Crippen molar-refractivity contribution >= 4 is 11.8 Å². The molecule has 0 aromatic rings. The molecule has 0 saturated carbocycles. The van der Waals surface area contributed by atoms with Gasteiger partial charge in [-0.15, -0.1) is 11.8 Å². The molecular weight excluding hydrogens is 188 g/mol. The molecule has 0 aliphatic carbocycles. The first-order chi connectivity index (χ1) is 6.27. The second-order valence-electron chi connectivity index (χ2n) is 3.68. The average molecular weight is 204 g/mol. The van der Waals surface area contributed by atoms with Gasteiger partial charge in [0.25, 0.3) is 0 Å². The Kier molecular flexibility index (Phi) is 3.14. The summed E-state index contributed by atoms with van der Waals surface area (Å²) in [7, 11) is 0. The third-order valence-corrected chi connectivity index (χ3v) is 4.42. The van der Waals surface area contributed by atoms with Crippen LogP contribution in [0.15, 0.2) is 0 Å². The van der Waals surface area contributed by atoms with E-state index in [9.17, 15) is 5.11 Å². The minimum absolute atomic E-state index is 0.258. The largest absolute Gasteiger partial charge is 0.389 e. The summed E-state index contributed by atoms with van der Waals surface area (Å²) < 4.78 is 10.7. The van der Waals surface area contributed by atoms with Crippen LogP contribution in [0.3, 0.4) is 0 Å². The Hall–Kier alpha value is 0.230. The molecule has 2 heterocycles. The Bertz CT molecular complexity index is 158. The van der Waals surface area contributed by atoms with Crippen molar-refractivity contribution in [3.63, 3.8) is 0 Å². The number of ether oxygens (including phenoxy) is 2. The van der Waals surface area contributed by atoms with Crippen LogP contribution in [0.1, 0.15) is 13.3 Å². The van der Waals surface area contributed by atoms with E-state index in [1.165, 1.54) is 0 Å². The first-order valence-corrected chi connectivity index (χ1v) is 5.74. The lowest BCUT2D eigenvalue weighted by atomic mass is 10.2. The van der Waals surface area contributed by atoms with Gasteiger partial charge in [0.15, 0.2) is 0 Å². The number of hydrogen-bond donors (Lipinski definition) is 1. The van der Waals surface area contributed by atoms with Gasteiger partial charge in [0, 0.05) is 11.9 Å². The molecule has 3 nitrogen and oxygen atoms in total. The van der Waals surface area contributed by atoms with Crippen molar-refractivity contribution in [3.05, 3.63) is 0 Å². The standard InChI is InChI=1S/C9H16O3S/c1-6-8(2-3-12-6)13-9-5-11-4-7(9)10/h6-10H,2-5H2,1H3/t6?,7-,8?,9-/m1/s1. The molecule has 2 saturated heterocycles. The monoisotopic (exact) mass is 204 g/mol. The molecule has 76 valence electrons. The quantitative estimate of drug-likeness (QED) is 0.717. The summed E-state index contributed by atoms with van der Waals surface area (Å²) in [6.07, 6.45) is 1.16. The highest BCUT2D eigenvalue weighted by Crippen LogP contribution is 2.32. The maximum absolute atomic E-state index is 9.55. The van der Waals surface area contributed by atoms with Crippen LogP contribution in [0.2, 0.25) is 0 Å². The molecule has 0 aromatic carbocycles. The van der Waals surface area contributed by atoms with Gasteiger partial charge in [0.1, 0.15) is 0 Å². The van der Waals surface area contributed by atoms with Crippen LogP contribution in [0.5, 0.6) is 0 Å². The SMILES string of the molecule is CC1OCCC1S[C@@H]1COC[C@H]1O. The van der Waals surface area contributed by atoms with E-state index in [1.807, 2.05) is 11.8 Å². The zero-order valence-electron chi connectivity index (χ0n) is 7.81. The van der Waals surface area contributed by atoms with E-state index in [0.717, 1.165) is 13.0 Å². The molecule has 0 spiro atoms. The molecule has 2 fully saturated rings. The van der Waals surface area contributed by atoms with E-state index >= 15 is 0 Å². The summed E-state index contributed by atoms with van der Waals surface area (Å²) in [4.78, 5) is 0. The van der Waals surface area contributed by atoms with Crippen molar-refractivity contribution in [2.45, 2.75) is 36.1 Å². The summed E-state index contributed by atoms with van der Waals surface area (Å²) in [6.45, 7) is 4.16. The van der Waals surface area contributed by atoms with Crippen molar-refractivity contribution in [3.8, 4) is 0 Å². The van der Waals surface area contributed by atoms with Crippen molar-refractivity contribution in [1.29, 1.82) is 0 Å². The number of aliphatic hydroxyl groups is 1. The minimum Gasteiger partial charge on any atom is -0.389 e. The van der Waals surface area contributed by atoms with Crippen LogP contribution in [0.4, 0.5) is 0 Å². The van der Waals surface area contributed by atoms with Gasteiger partial charge in [-0.25, -0.2) is 0 Å². The van der Waals surface area contributed by atoms with Crippen molar-refractivity contribution in [1.82, 2.24) is 0 Å². The minimum atomic E-state index is -0.280. The molecule has 0 radical (unpaired) electrons. The van der Waals surface area contributed by atoms with Gasteiger partial charge >= 0.3 is 0 Å². The smallest absolute Gasteiger partial charge is 0.0914 e. The van der Waals surface area contributed by atoms with Crippen LogP contribution in [0.25, 0.3) is 0 Å². The molecule has 4 atom stereocenters. The first-order valence-electron chi connectivity index (χ1n) is 4.80. The highest BCUT2D eigenvalue weighted by atomic mass is 32.2. The van der Waals surface area contributed by atoms with E-state index in [0.29, 0.717) is 24.6 Å². The highest BCUT2D eigenvalue weighted by molar-refractivity contribution is 8.00. The second kappa shape index (κ2) is 4.17. The molecule has 2 rings (SSSR count). The van der Waals surface area contributed by atoms with E-state index in [4.69, 9.17) is 9.47 Å². The van der Waals surface area contributed by atoms with Crippen molar-refractivity contribution < 1.29 is 14.6 Å². The number of thioether (sulfide) groups is 1. The molecule has 2 unspecified atom stereocenters. The summed E-state index contributed by atoms with van der Waals surface area (Å²) in [5, 5.41) is 10.4. The zero-order valence-corrected chi connectivity index (χ0v) is 8.63. The summed E-state index contributed by atoms with van der Waals surface area (Å²) in [5.41, 5.74) is 0. The van der Waals surface area contributed by atoms with E-state index in [-0.39, 0.29) is 11.4 Å². The third kappa shape index (κ3) is 2.18. The fraction of sp³-hybridized carbons (Fsp3) is 1.00. The summed E-state index contributed by atoms with van der Waals surface area (Å²) >= 11 is 1.83. The van der Waals surface area contributed by atoms with E-state index < -0.39 is 0 Å². The Labute approximate surface area is 82.8 Å². The van der Waals surface area contributed by atoms with Crippen LogP contribution in [0, 0.1) is 0 Å². The predicted molar refractivity (Wildman–Crippen MR) is 52.0 cm³/mol. The number of rotatable bonds is 2. The van der Waals surface area contributed by atoms with Crippen LogP contribution in [-0.2, 0) is 9.47 Å². The molecular formula is C9H16O3S. The van der Waals surface area contributed by atoms with Gasteiger partial charge < -0.3 is 14.6 Å². The maximum atomic E-state index is 9.55. The Morgan fingerprint density at radius 1 is 1.31 bits per heavy atom. The molecule has 1 N–H and O–H groups in total. The summed E-state index contributed by atoms with van der Waals surface area (Å²) in [6, 6.07) is 0. The fourth-order valence-corrected chi connectivity index (χ4v) is 3.18. The maximum Gasteiger partial charge on any atom is 0.0914 e. The fourth-order valence-electron chi connectivity index (χ4n) is 1.77. The Morgan fingerprint density at radius 2 is 2.15 bits per heavy atom. The Morgan fingerprint density at radius 3 is 2.69 bits per heavy atom. The third-order valence-electron chi connectivity index (χ3n) is 2.66. The van der Waals surface area contributed by atoms with Gasteiger partial charge in [-0.2, -0.15) is 0 Å². The first kappa shape index (κ1) is 9.77. The van der Waals surface area contributed by atoms with Crippen LogP contribution in [-0.4, -0.2) is 47.6 Å². The zero-order chi connectivity index (χ0) is 9.26. The van der Waals surface area contributed by atoms with Crippen molar-refractivity contribution in [2.75, 3.05) is 19.8 Å².